The van der Waals surface area contributed by atoms with Gasteiger partial charge in [0, 0.05) is 20.1 Å². The minimum atomic E-state index is -0.183. The van der Waals surface area contributed by atoms with Crippen molar-refractivity contribution in [2.24, 2.45) is 5.92 Å². The molecule has 0 spiro atoms. The highest BCUT2D eigenvalue weighted by Gasteiger charge is 2.14. The van der Waals surface area contributed by atoms with Gasteiger partial charge in [0.1, 0.15) is 0 Å². The molecule has 0 unspecified atom stereocenters. The smallest absolute Gasteiger partial charge is 0.166 e. The first kappa shape index (κ1) is 9.23. The normalized spacial score (nSPS) is 17.2. The summed E-state index contributed by atoms with van der Waals surface area (Å²) in [6.45, 7) is 0. The lowest BCUT2D eigenvalue weighted by molar-refractivity contribution is -0.116. The van der Waals surface area contributed by atoms with Crippen molar-refractivity contribution in [3.63, 3.8) is 0 Å². The van der Waals surface area contributed by atoms with Crippen LogP contribution < -0.4 is 0 Å². The van der Waals surface area contributed by atoms with E-state index in [1.54, 1.807) is 14.2 Å². The second kappa shape index (κ2) is 4.91. The predicted octanol–water partition coefficient (Wildman–Crippen LogP) is 1.90. The van der Waals surface area contributed by atoms with Crippen LogP contribution in [0.25, 0.3) is 0 Å². The minimum Gasteiger partial charge on any atom is -0.355 e. The number of allylic oxidation sites excluding steroid dienone is 4. The van der Waals surface area contributed by atoms with Gasteiger partial charge >= 0.3 is 0 Å². The molecule has 66 valence electrons. The van der Waals surface area contributed by atoms with Crippen LogP contribution in [0.4, 0.5) is 0 Å². The summed E-state index contributed by atoms with van der Waals surface area (Å²) < 4.78 is 10.3. The van der Waals surface area contributed by atoms with Crippen molar-refractivity contribution in [3.05, 3.63) is 36.5 Å². The van der Waals surface area contributed by atoms with Crippen molar-refractivity contribution in [2.75, 3.05) is 14.2 Å². The van der Waals surface area contributed by atoms with Crippen molar-refractivity contribution in [1.82, 2.24) is 0 Å². The summed E-state index contributed by atoms with van der Waals surface area (Å²) in [7, 11) is 3.29. The molecule has 0 aliphatic heterocycles. The Morgan fingerprint density at radius 3 is 1.83 bits per heavy atom. The van der Waals surface area contributed by atoms with Gasteiger partial charge in [0.05, 0.1) is 0 Å². The standard InChI is InChI=1S/C10H14O2/c1-11-10(12-2)9-7-5-3-4-6-8-9/h3-10H,1-2H3. The zero-order valence-corrected chi connectivity index (χ0v) is 7.44. The third-order valence-electron chi connectivity index (χ3n) is 1.78. The van der Waals surface area contributed by atoms with Gasteiger partial charge in [0.15, 0.2) is 6.29 Å². The summed E-state index contributed by atoms with van der Waals surface area (Å²) >= 11 is 0. The van der Waals surface area contributed by atoms with Crippen molar-refractivity contribution in [3.8, 4) is 0 Å². The Morgan fingerprint density at radius 2 is 1.42 bits per heavy atom. The number of ether oxygens (including phenoxy) is 2. The van der Waals surface area contributed by atoms with E-state index in [0.717, 1.165) is 0 Å². The van der Waals surface area contributed by atoms with E-state index in [9.17, 15) is 0 Å². The molecule has 0 bridgehead atoms. The molecule has 0 N–H and O–H groups in total. The van der Waals surface area contributed by atoms with Crippen molar-refractivity contribution < 1.29 is 9.47 Å². The highest BCUT2D eigenvalue weighted by molar-refractivity contribution is 5.19. The van der Waals surface area contributed by atoms with E-state index >= 15 is 0 Å². The second-order valence-electron chi connectivity index (χ2n) is 2.57. The van der Waals surface area contributed by atoms with Crippen LogP contribution in [0.3, 0.4) is 0 Å². The summed E-state index contributed by atoms with van der Waals surface area (Å²) in [5.74, 6) is 0.204. The van der Waals surface area contributed by atoms with E-state index in [-0.39, 0.29) is 12.2 Å². The van der Waals surface area contributed by atoms with E-state index < -0.39 is 0 Å². The van der Waals surface area contributed by atoms with Crippen LogP contribution in [-0.4, -0.2) is 20.5 Å². The van der Waals surface area contributed by atoms with E-state index in [1.165, 1.54) is 0 Å². The molecule has 0 aromatic heterocycles. The van der Waals surface area contributed by atoms with Gasteiger partial charge in [-0.1, -0.05) is 36.5 Å². The number of rotatable bonds is 3. The van der Waals surface area contributed by atoms with Crippen molar-refractivity contribution >= 4 is 0 Å². The van der Waals surface area contributed by atoms with Gasteiger partial charge in [-0.2, -0.15) is 0 Å². The number of methoxy groups -OCH3 is 2. The summed E-state index contributed by atoms with van der Waals surface area (Å²) in [6.07, 6.45) is 11.9. The molecule has 0 aromatic rings. The average Bonchev–Trinajstić information content (AvgIpc) is 2.35. The summed E-state index contributed by atoms with van der Waals surface area (Å²) in [5.41, 5.74) is 0. The zero-order valence-electron chi connectivity index (χ0n) is 7.44. The predicted molar refractivity (Wildman–Crippen MR) is 48.7 cm³/mol. The molecule has 0 aromatic carbocycles. The molecule has 0 fully saturated rings. The third-order valence-corrected chi connectivity index (χ3v) is 1.78. The summed E-state index contributed by atoms with van der Waals surface area (Å²) in [5, 5.41) is 0. The fraction of sp³-hybridized carbons (Fsp3) is 0.400. The number of hydrogen-bond acceptors (Lipinski definition) is 2. The molecule has 0 saturated carbocycles. The molecule has 0 amide bonds. The Bertz CT molecular complexity index is 184. The van der Waals surface area contributed by atoms with Crippen LogP contribution in [0.5, 0.6) is 0 Å². The molecule has 1 aliphatic carbocycles. The highest BCUT2D eigenvalue weighted by Crippen LogP contribution is 2.13. The lowest BCUT2D eigenvalue weighted by Crippen LogP contribution is -2.21. The molecular formula is C10H14O2. The van der Waals surface area contributed by atoms with Crippen LogP contribution in [0, 0.1) is 5.92 Å². The van der Waals surface area contributed by atoms with Crippen LogP contribution in [0.2, 0.25) is 0 Å². The molecule has 0 atom stereocenters. The van der Waals surface area contributed by atoms with E-state index in [4.69, 9.17) is 9.47 Å². The SMILES string of the molecule is COC(OC)C1C=CC=CC=C1. The van der Waals surface area contributed by atoms with Crippen LogP contribution >= 0.6 is 0 Å². The summed E-state index contributed by atoms with van der Waals surface area (Å²) in [4.78, 5) is 0. The lowest BCUT2D eigenvalue weighted by atomic mass is 10.1. The first-order chi connectivity index (χ1) is 5.88. The topological polar surface area (TPSA) is 18.5 Å². The molecule has 0 radical (unpaired) electrons. The van der Waals surface area contributed by atoms with Gasteiger partial charge in [-0.3, -0.25) is 0 Å². The Hall–Kier alpha value is -0.860. The first-order valence-electron chi connectivity index (χ1n) is 3.95. The first-order valence-corrected chi connectivity index (χ1v) is 3.95. The molecule has 12 heavy (non-hydrogen) atoms. The number of hydrogen-bond donors (Lipinski definition) is 0. The average molecular weight is 166 g/mol. The molecule has 2 heteroatoms. The van der Waals surface area contributed by atoms with E-state index in [1.807, 2.05) is 24.3 Å². The maximum atomic E-state index is 5.14. The van der Waals surface area contributed by atoms with Gasteiger partial charge in [-0.25, -0.2) is 0 Å². The Labute approximate surface area is 73.2 Å². The van der Waals surface area contributed by atoms with Gasteiger partial charge in [0.25, 0.3) is 0 Å². The Balaban J connectivity index is 2.61. The lowest BCUT2D eigenvalue weighted by Gasteiger charge is -2.18. The molecule has 0 heterocycles. The Kier molecular flexibility index (Phi) is 3.77. The second-order valence-corrected chi connectivity index (χ2v) is 2.57. The molecular weight excluding hydrogens is 152 g/mol. The molecule has 0 saturated heterocycles. The van der Waals surface area contributed by atoms with Gasteiger partial charge in [0.2, 0.25) is 0 Å². The quantitative estimate of drug-likeness (QED) is 0.596. The minimum absolute atomic E-state index is 0.183. The van der Waals surface area contributed by atoms with Gasteiger partial charge in [-0.05, 0) is 0 Å². The van der Waals surface area contributed by atoms with Gasteiger partial charge in [-0.15, -0.1) is 0 Å². The fourth-order valence-electron chi connectivity index (χ4n) is 1.17. The monoisotopic (exact) mass is 166 g/mol. The maximum absolute atomic E-state index is 5.14. The third kappa shape index (κ3) is 2.32. The van der Waals surface area contributed by atoms with Gasteiger partial charge < -0.3 is 9.47 Å². The zero-order chi connectivity index (χ0) is 8.81. The molecule has 2 nitrogen and oxygen atoms in total. The largest absolute Gasteiger partial charge is 0.355 e. The van der Waals surface area contributed by atoms with E-state index in [2.05, 4.69) is 12.2 Å². The maximum Gasteiger partial charge on any atom is 0.166 e. The van der Waals surface area contributed by atoms with Crippen LogP contribution in [0.1, 0.15) is 0 Å². The van der Waals surface area contributed by atoms with Crippen LogP contribution in [-0.2, 0) is 9.47 Å². The highest BCUT2D eigenvalue weighted by atomic mass is 16.7. The fourth-order valence-corrected chi connectivity index (χ4v) is 1.17. The summed E-state index contributed by atoms with van der Waals surface area (Å²) in [6, 6.07) is 0. The molecule has 1 rings (SSSR count). The van der Waals surface area contributed by atoms with Crippen molar-refractivity contribution in [2.45, 2.75) is 6.29 Å². The van der Waals surface area contributed by atoms with E-state index in [0.29, 0.717) is 0 Å². The molecule has 1 aliphatic rings. The van der Waals surface area contributed by atoms with Crippen molar-refractivity contribution in [1.29, 1.82) is 0 Å². The Morgan fingerprint density at radius 1 is 0.917 bits per heavy atom. The van der Waals surface area contributed by atoms with Crippen LogP contribution in [0.15, 0.2) is 36.5 Å².